The van der Waals surface area contributed by atoms with E-state index in [4.69, 9.17) is 0 Å². The highest BCUT2D eigenvalue weighted by Crippen LogP contribution is 2.30. The molecule has 1 unspecified atom stereocenters. The molecule has 0 aliphatic heterocycles. The van der Waals surface area contributed by atoms with E-state index in [1.807, 2.05) is 29.6 Å². The van der Waals surface area contributed by atoms with Crippen molar-refractivity contribution in [3.8, 4) is 0 Å². The average molecular weight is 405 g/mol. The van der Waals surface area contributed by atoms with Crippen molar-refractivity contribution >= 4 is 34.5 Å². The summed E-state index contributed by atoms with van der Waals surface area (Å²) < 4.78 is 0. The molecule has 0 radical (unpaired) electrons. The number of nitrogens with one attached hydrogen (secondary N) is 2. The normalized spacial score (nSPS) is 15.1. The van der Waals surface area contributed by atoms with Crippen molar-refractivity contribution in [3.05, 3.63) is 55.9 Å². The first-order valence-corrected chi connectivity index (χ1v) is 10.9. The Morgan fingerprint density at radius 1 is 1.11 bits per heavy atom. The third-order valence-corrected chi connectivity index (χ3v) is 6.57. The molecule has 0 saturated carbocycles. The Bertz CT molecular complexity index is 796. The van der Waals surface area contributed by atoms with Gasteiger partial charge in [0.2, 0.25) is 0 Å². The molecule has 1 atom stereocenters. The Balaban J connectivity index is 1.40. The molecule has 1 aliphatic rings. The van der Waals surface area contributed by atoms with E-state index < -0.39 is 17.9 Å². The number of hydrogen-bond donors (Lipinski definition) is 3. The number of aliphatic hydroxyl groups excluding tert-OH is 1. The van der Waals surface area contributed by atoms with Gasteiger partial charge in [-0.25, -0.2) is 0 Å². The molecular weight excluding hydrogens is 380 g/mol. The highest BCUT2D eigenvalue weighted by molar-refractivity contribution is 7.12. The molecule has 2 heterocycles. The molecule has 0 fully saturated rings. The first kappa shape index (κ1) is 19.8. The van der Waals surface area contributed by atoms with Gasteiger partial charge in [-0.2, -0.15) is 0 Å². The SMILES string of the molecule is O=C(NCCC1=CCCCC1)C(=O)NCc1ccc(C(O)c2cccs2)s1. The second kappa shape index (κ2) is 9.82. The highest BCUT2D eigenvalue weighted by atomic mass is 32.1. The van der Waals surface area contributed by atoms with Crippen LogP contribution in [0.15, 0.2) is 41.3 Å². The van der Waals surface area contributed by atoms with Crippen molar-refractivity contribution in [2.24, 2.45) is 0 Å². The maximum absolute atomic E-state index is 11.9. The van der Waals surface area contributed by atoms with Crippen molar-refractivity contribution in [1.82, 2.24) is 10.6 Å². The third-order valence-electron chi connectivity index (χ3n) is 4.51. The molecule has 5 nitrogen and oxygen atoms in total. The lowest BCUT2D eigenvalue weighted by Crippen LogP contribution is -2.39. The van der Waals surface area contributed by atoms with Gasteiger partial charge in [0, 0.05) is 21.2 Å². The fourth-order valence-electron chi connectivity index (χ4n) is 3.02. The van der Waals surface area contributed by atoms with Crippen LogP contribution in [0.5, 0.6) is 0 Å². The quantitative estimate of drug-likeness (QED) is 0.488. The van der Waals surface area contributed by atoms with Crippen LogP contribution in [0.4, 0.5) is 0 Å². The first-order chi connectivity index (χ1) is 13.1. The van der Waals surface area contributed by atoms with Crippen LogP contribution in [0.3, 0.4) is 0 Å². The van der Waals surface area contributed by atoms with Gasteiger partial charge in [0.15, 0.2) is 0 Å². The summed E-state index contributed by atoms with van der Waals surface area (Å²) in [6.07, 6.45) is 7.09. The van der Waals surface area contributed by atoms with Crippen LogP contribution in [0.1, 0.15) is 52.8 Å². The van der Waals surface area contributed by atoms with Crippen molar-refractivity contribution in [1.29, 1.82) is 0 Å². The average Bonchev–Trinajstić information content (AvgIpc) is 3.38. The van der Waals surface area contributed by atoms with E-state index in [9.17, 15) is 14.7 Å². The molecule has 2 aromatic heterocycles. The summed E-state index contributed by atoms with van der Waals surface area (Å²) in [6.45, 7) is 0.771. The second-order valence-corrected chi connectivity index (χ2v) is 8.70. The van der Waals surface area contributed by atoms with Crippen molar-refractivity contribution < 1.29 is 14.7 Å². The molecule has 3 N–H and O–H groups in total. The van der Waals surface area contributed by atoms with Crippen molar-refractivity contribution in [3.63, 3.8) is 0 Å². The topological polar surface area (TPSA) is 78.4 Å². The van der Waals surface area contributed by atoms with E-state index in [1.165, 1.54) is 41.1 Å². The summed E-state index contributed by atoms with van der Waals surface area (Å²) >= 11 is 2.94. The fourth-order valence-corrected chi connectivity index (χ4v) is 4.78. The minimum Gasteiger partial charge on any atom is -0.382 e. The van der Waals surface area contributed by atoms with Crippen LogP contribution in [0, 0.1) is 0 Å². The third kappa shape index (κ3) is 5.76. The van der Waals surface area contributed by atoms with Crippen LogP contribution in [0.25, 0.3) is 0 Å². The number of amides is 2. The maximum Gasteiger partial charge on any atom is 0.309 e. The predicted molar refractivity (Wildman–Crippen MR) is 109 cm³/mol. The summed E-state index contributed by atoms with van der Waals surface area (Å²) in [5.41, 5.74) is 1.37. The zero-order valence-electron chi connectivity index (χ0n) is 15.1. The summed E-state index contributed by atoms with van der Waals surface area (Å²) in [5.74, 6) is -1.22. The molecule has 2 amide bonds. The lowest BCUT2D eigenvalue weighted by molar-refractivity contribution is -0.139. The van der Waals surface area contributed by atoms with Crippen LogP contribution >= 0.6 is 22.7 Å². The van der Waals surface area contributed by atoms with Crippen LogP contribution in [-0.4, -0.2) is 23.5 Å². The van der Waals surface area contributed by atoms with Gasteiger partial charge in [0.1, 0.15) is 6.10 Å². The van der Waals surface area contributed by atoms with E-state index in [0.29, 0.717) is 6.54 Å². The fraction of sp³-hybridized carbons (Fsp3) is 0.400. The molecule has 0 bridgehead atoms. The van der Waals surface area contributed by atoms with Gasteiger partial charge in [-0.05, 0) is 55.7 Å². The van der Waals surface area contributed by atoms with E-state index in [-0.39, 0.29) is 6.54 Å². The van der Waals surface area contributed by atoms with Crippen LogP contribution in [-0.2, 0) is 16.1 Å². The number of thiophene rings is 2. The van der Waals surface area contributed by atoms with Crippen molar-refractivity contribution in [2.45, 2.75) is 44.8 Å². The molecule has 27 heavy (non-hydrogen) atoms. The summed E-state index contributed by atoms with van der Waals surface area (Å²) in [5, 5.41) is 17.6. The molecule has 3 rings (SSSR count). The number of allylic oxidation sites excluding steroid dienone is 1. The molecule has 0 aromatic carbocycles. The Morgan fingerprint density at radius 3 is 2.70 bits per heavy atom. The Morgan fingerprint density at radius 2 is 1.96 bits per heavy atom. The first-order valence-electron chi connectivity index (χ1n) is 9.17. The van der Waals surface area contributed by atoms with E-state index in [2.05, 4.69) is 16.7 Å². The molecule has 7 heteroatoms. The summed E-state index contributed by atoms with van der Waals surface area (Å²) in [4.78, 5) is 26.5. The lowest BCUT2D eigenvalue weighted by Gasteiger charge is -2.12. The maximum atomic E-state index is 11.9. The van der Waals surface area contributed by atoms with Gasteiger partial charge >= 0.3 is 11.8 Å². The molecule has 144 valence electrons. The predicted octanol–water partition coefficient (Wildman–Crippen LogP) is 3.51. The van der Waals surface area contributed by atoms with Crippen LogP contribution < -0.4 is 10.6 Å². The Kier molecular flexibility index (Phi) is 7.20. The van der Waals surface area contributed by atoms with Gasteiger partial charge in [0.05, 0.1) is 6.54 Å². The van der Waals surface area contributed by atoms with Crippen molar-refractivity contribution in [2.75, 3.05) is 6.54 Å². The summed E-state index contributed by atoms with van der Waals surface area (Å²) in [7, 11) is 0. The van der Waals surface area contributed by atoms with E-state index >= 15 is 0 Å². The minimum atomic E-state index is -0.642. The second-order valence-electron chi connectivity index (χ2n) is 6.52. The number of carbonyl (C=O) groups excluding carboxylic acids is 2. The minimum absolute atomic E-state index is 0.277. The molecule has 0 spiro atoms. The van der Waals surface area contributed by atoms with Gasteiger partial charge < -0.3 is 15.7 Å². The number of aliphatic hydroxyl groups is 1. The van der Waals surface area contributed by atoms with Gasteiger partial charge in [-0.1, -0.05) is 17.7 Å². The zero-order valence-corrected chi connectivity index (χ0v) is 16.7. The van der Waals surface area contributed by atoms with Crippen LogP contribution in [0.2, 0.25) is 0 Å². The smallest absolute Gasteiger partial charge is 0.309 e. The zero-order chi connectivity index (χ0) is 19.1. The Labute approximate surface area is 167 Å². The highest BCUT2D eigenvalue weighted by Gasteiger charge is 2.16. The molecule has 1 aliphatic carbocycles. The number of rotatable bonds is 7. The largest absolute Gasteiger partial charge is 0.382 e. The van der Waals surface area contributed by atoms with E-state index in [1.54, 1.807) is 0 Å². The van der Waals surface area contributed by atoms with Gasteiger partial charge in [-0.15, -0.1) is 22.7 Å². The molecular formula is C20H24N2O3S2. The van der Waals surface area contributed by atoms with E-state index in [0.717, 1.165) is 33.9 Å². The molecule has 2 aromatic rings. The standard InChI is InChI=1S/C20H24N2O3S2/c23-18(16-7-4-12-26-16)17-9-8-15(27-17)13-22-20(25)19(24)21-11-10-14-5-2-1-3-6-14/h4-5,7-9,12,18,23H,1-3,6,10-11,13H2,(H,21,24)(H,22,25). The summed E-state index contributed by atoms with van der Waals surface area (Å²) in [6, 6.07) is 7.52. The number of carbonyl (C=O) groups is 2. The number of hydrogen-bond acceptors (Lipinski definition) is 5. The van der Waals surface area contributed by atoms with Gasteiger partial charge in [0.25, 0.3) is 0 Å². The Hall–Kier alpha value is -1.96. The van der Waals surface area contributed by atoms with Gasteiger partial charge in [-0.3, -0.25) is 9.59 Å². The molecule has 0 saturated heterocycles. The monoisotopic (exact) mass is 404 g/mol. The lowest BCUT2D eigenvalue weighted by atomic mass is 9.97.